The number of aliphatic imine (C=N–C) groups is 1. The standard InChI is InChI=1S/C19H31N7O2S/c1-6-17-24-23-14-26(17)12-11-21-18(20-5)22-13-15-9-7-8-10-16(15)29(27,28)25-19(2,3)4/h7-10,14,25H,6,11-13H2,1-5H3,(H2,20,21,22). The average Bonchev–Trinajstić information content (AvgIpc) is 3.10. The molecule has 160 valence electrons. The van der Waals surface area contributed by atoms with Crippen LogP contribution < -0.4 is 15.4 Å². The summed E-state index contributed by atoms with van der Waals surface area (Å²) in [6, 6.07) is 6.95. The Morgan fingerprint density at radius 1 is 1.21 bits per heavy atom. The van der Waals surface area contributed by atoms with Crippen LogP contribution in [0.3, 0.4) is 0 Å². The minimum Gasteiger partial charge on any atom is -0.355 e. The maximum absolute atomic E-state index is 12.7. The number of nitrogens with zero attached hydrogens (tertiary/aromatic N) is 4. The fourth-order valence-corrected chi connectivity index (χ4v) is 4.46. The number of guanidine groups is 1. The number of hydrogen-bond donors (Lipinski definition) is 3. The minimum atomic E-state index is -3.63. The molecule has 29 heavy (non-hydrogen) atoms. The predicted molar refractivity (Wildman–Crippen MR) is 114 cm³/mol. The van der Waals surface area contributed by atoms with Crippen LogP contribution in [0.4, 0.5) is 0 Å². The normalized spacial score (nSPS) is 12.8. The van der Waals surface area contributed by atoms with Gasteiger partial charge < -0.3 is 15.2 Å². The van der Waals surface area contributed by atoms with Gasteiger partial charge in [0.15, 0.2) is 5.96 Å². The molecule has 3 N–H and O–H groups in total. The second kappa shape index (κ2) is 9.84. The zero-order valence-corrected chi connectivity index (χ0v) is 18.5. The van der Waals surface area contributed by atoms with Crippen molar-refractivity contribution in [1.82, 2.24) is 30.1 Å². The third-order valence-corrected chi connectivity index (χ3v) is 5.89. The van der Waals surface area contributed by atoms with Crippen LogP contribution in [0.5, 0.6) is 0 Å². The van der Waals surface area contributed by atoms with E-state index in [1.807, 2.05) is 38.3 Å². The summed E-state index contributed by atoms with van der Waals surface area (Å²) >= 11 is 0. The van der Waals surface area contributed by atoms with Gasteiger partial charge in [0, 0.05) is 38.6 Å². The first-order chi connectivity index (χ1) is 13.7. The monoisotopic (exact) mass is 421 g/mol. The number of nitrogens with one attached hydrogen (secondary N) is 3. The van der Waals surface area contributed by atoms with Crippen LogP contribution in [0.25, 0.3) is 0 Å². The van der Waals surface area contributed by atoms with Crippen molar-refractivity contribution in [2.45, 2.75) is 57.6 Å². The van der Waals surface area contributed by atoms with Gasteiger partial charge in [-0.05, 0) is 32.4 Å². The topological polar surface area (TPSA) is 113 Å². The second-order valence-electron chi connectivity index (χ2n) is 7.61. The highest BCUT2D eigenvalue weighted by molar-refractivity contribution is 7.89. The largest absolute Gasteiger partial charge is 0.355 e. The van der Waals surface area contributed by atoms with Gasteiger partial charge in [-0.1, -0.05) is 25.1 Å². The zero-order chi connectivity index (χ0) is 21.5. The van der Waals surface area contributed by atoms with Gasteiger partial charge in [-0.15, -0.1) is 10.2 Å². The number of aromatic nitrogens is 3. The highest BCUT2D eigenvalue weighted by atomic mass is 32.2. The Bertz CT molecular complexity index is 930. The molecule has 0 aliphatic carbocycles. The summed E-state index contributed by atoms with van der Waals surface area (Å²) in [5.74, 6) is 1.52. The number of aryl methyl sites for hydroxylation is 1. The minimum absolute atomic E-state index is 0.259. The molecule has 0 radical (unpaired) electrons. The van der Waals surface area contributed by atoms with Crippen LogP contribution in [0.1, 0.15) is 39.1 Å². The van der Waals surface area contributed by atoms with Gasteiger partial charge in [0.25, 0.3) is 0 Å². The van der Waals surface area contributed by atoms with Crippen molar-refractivity contribution in [3.63, 3.8) is 0 Å². The molecule has 0 aliphatic heterocycles. The molecule has 0 unspecified atom stereocenters. The summed E-state index contributed by atoms with van der Waals surface area (Å²) in [6.07, 6.45) is 2.53. The van der Waals surface area contributed by atoms with E-state index < -0.39 is 15.6 Å². The summed E-state index contributed by atoms with van der Waals surface area (Å²) in [5, 5.41) is 14.4. The van der Waals surface area contributed by atoms with E-state index in [1.54, 1.807) is 31.6 Å². The fourth-order valence-electron chi connectivity index (χ4n) is 2.80. The molecule has 0 saturated carbocycles. The quantitative estimate of drug-likeness (QED) is 0.437. The lowest BCUT2D eigenvalue weighted by Gasteiger charge is -2.22. The molecule has 0 spiro atoms. The average molecular weight is 422 g/mol. The number of sulfonamides is 1. The number of rotatable bonds is 8. The summed E-state index contributed by atoms with van der Waals surface area (Å²) in [5.41, 5.74) is 0.107. The smallest absolute Gasteiger partial charge is 0.241 e. The third-order valence-electron chi connectivity index (χ3n) is 4.03. The van der Waals surface area contributed by atoms with Crippen molar-refractivity contribution in [3.8, 4) is 0 Å². The summed E-state index contributed by atoms with van der Waals surface area (Å²) in [6.45, 7) is 9.15. The highest BCUT2D eigenvalue weighted by Crippen LogP contribution is 2.17. The second-order valence-corrected chi connectivity index (χ2v) is 9.26. The van der Waals surface area contributed by atoms with E-state index >= 15 is 0 Å². The van der Waals surface area contributed by atoms with E-state index in [4.69, 9.17) is 0 Å². The molecule has 1 aromatic carbocycles. The van der Waals surface area contributed by atoms with Gasteiger partial charge in [-0.2, -0.15) is 0 Å². The van der Waals surface area contributed by atoms with Gasteiger partial charge in [0.05, 0.1) is 4.90 Å². The van der Waals surface area contributed by atoms with Crippen molar-refractivity contribution in [3.05, 3.63) is 42.0 Å². The lowest BCUT2D eigenvalue weighted by molar-refractivity contribution is 0.491. The first-order valence-corrected chi connectivity index (χ1v) is 11.1. The molecule has 0 aliphatic rings. The first kappa shape index (κ1) is 22.8. The van der Waals surface area contributed by atoms with Crippen molar-refractivity contribution < 1.29 is 8.42 Å². The summed E-state index contributed by atoms with van der Waals surface area (Å²) in [4.78, 5) is 4.46. The molecule has 1 aromatic heterocycles. The van der Waals surface area contributed by atoms with E-state index in [0.717, 1.165) is 12.2 Å². The SMILES string of the molecule is CCc1nncn1CCNC(=NC)NCc1ccccc1S(=O)(=O)NC(C)(C)C. The lowest BCUT2D eigenvalue weighted by atomic mass is 10.1. The van der Waals surface area contributed by atoms with Crippen molar-refractivity contribution in [2.75, 3.05) is 13.6 Å². The molecule has 9 nitrogen and oxygen atoms in total. The zero-order valence-electron chi connectivity index (χ0n) is 17.7. The van der Waals surface area contributed by atoms with Crippen LogP contribution in [-0.4, -0.2) is 48.3 Å². The number of hydrogen-bond acceptors (Lipinski definition) is 5. The van der Waals surface area contributed by atoms with Crippen molar-refractivity contribution >= 4 is 16.0 Å². The Kier molecular flexibility index (Phi) is 7.74. The van der Waals surface area contributed by atoms with Crippen LogP contribution in [0.15, 0.2) is 40.5 Å². The Hall–Kier alpha value is -2.46. The molecule has 1 heterocycles. The molecule has 10 heteroatoms. The van der Waals surface area contributed by atoms with Gasteiger partial charge in [0.2, 0.25) is 10.0 Å². The summed E-state index contributed by atoms with van der Waals surface area (Å²) < 4.78 is 30.2. The van der Waals surface area contributed by atoms with Crippen molar-refractivity contribution in [1.29, 1.82) is 0 Å². The molecule has 0 saturated heterocycles. The van der Waals surface area contributed by atoms with Crippen LogP contribution >= 0.6 is 0 Å². The van der Waals surface area contributed by atoms with Gasteiger partial charge in [-0.3, -0.25) is 4.99 Å². The van der Waals surface area contributed by atoms with E-state index in [0.29, 0.717) is 31.2 Å². The van der Waals surface area contributed by atoms with Crippen LogP contribution in [0.2, 0.25) is 0 Å². The molecule has 0 bridgehead atoms. The first-order valence-electron chi connectivity index (χ1n) is 9.59. The van der Waals surface area contributed by atoms with Gasteiger partial charge >= 0.3 is 0 Å². The molecule has 2 rings (SSSR count). The fraction of sp³-hybridized carbons (Fsp3) is 0.526. The Morgan fingerprint density at radius 2 is 1.93 bits per heavy atom. The van der Waals surface area contributed by atoms with Crippen LogP contribution in [0, 0.1) is 0 Å². The maximum atomic E-state index is 12.7. The molecule has 0 fully saturated rings. The van der Waals surface area contributed by atoms with E-state index in [1.165, 1.54) is 0 Å². The molecule has 0 atom stereocenters. The maximum Gasteiger partial charge on any atom is 0.241 e. The highest BCUT2D eigenvalue weighted by Gasteiger charge is 2.24. The van der Waals surface area contributed by atoms with Crippen molar-refractivity contribution in [2.24, 2.45) is 4.99 Å². The number of benzene rings is 1. The predicted octanol–water partition coefficient (Wildman–Crippen LogP) is 1.28. The van der Waals surface area contributed by atoms with Gasteiger partial charge in [-0.25, -0.2) is 13.1 Å². The Morgan fingerprint density at radius 3 is 2.59 bits per heavy atom. The van der Waals surface area contributed by atoms with Crippen LogP contribution in [-0.2, 0) is 29.5 Å². The lowest BCUT2D eigenvalue weighted by Crippen LogP contribution is -2.41. The Labute approximate surface area is 173 Å². The Balaban J connectivity index is 1.99. The van der Waals surface area contributed by atoms with E-state index in [9.17, 15) is 8.42 Å². The molecule has 0 amide bonds. The molecular formula is C19H31N7O2S. The van der Waals surface area contributed by atoms with E-state index in [2.05, 4.69) is 30.5 Å². The molecular weight excluding hydrogens is 390 g/mol. The molecule has 2 aromatic rings. The summed E-state index contributed by atoms with van der Waals surface area (Å²) in [7, 11) is -1.95. The van der Waals surface area contributed by atoms with E-state index in [-0.39, 0.29) is 4.90 Å². The van der Waals surface area contributed by atoms with Gasteiger partial charge in [0.1, 0.15) is 12.2 Å². The third kappa shape index (κ3) is 6.82.